The first-order valence-electron chi connectivity index (χ1n) is 5.05. The second kappa shape index (κ2) is 5.71. The molecular formula is C12H9Cl2N3O. The van der Waals surface area contributed by atoms with Crippen LogP contribution in [0.2, 0.25) is 10.0 Å². The van der Waals surface area contributed by atoms with E-state index in [1.54, 1.807) is 24.4 Å². The molecule has 0 unspecified atom stereocenters. The van der Waals surface area contributed by atoms with Crippen molar-refractivity contribution in [3.63, 3.8) is 0 Å². The Hall–Kier alpha value is -1.78. The summed E-state index contributed by atoms with van der Waals surface area (Å²) in [5.41, 5.74) is 3.15. The Balaban J connectivity index is 2.15. The molecule has 0 spiro atoms. The number of aromatic nitrogens is 1. The number of rotatable bonds is 3. The first-order valence-corrected chi connectivity index (χ1v) is 5.80. The van der Waals surface area contributed by atoms with Crippen LogP contribution < -0.4 is 5.43 Å². The lowest BCUT2D eigenvalue weighted by atomic mass is 10.2. The number of phenolic OH excluding ortho intramolecular Hbond substituents is 1. The number of nitrogens with zero attached hydrogens (tertiary/aromatic N) is 2. The molecule has 0 aliphatic carbocycles. The molecule has 0 aliphatic heterocycles. The van der Waals surface area contributed by atoms with Crippen LogP contribution in [0.15, 0.2) is 41.6 Å². The third-order valence-corrected chi connectivity index (χ3v) is 2.61. The summed E-state index contributed by atoms with van der Waals surface area (Å²) in [6, 6.07) is 8.42. The SMILES string of the molecule is Oc1c(Cl)cc(Cl)cc1/C=N/Nc1ccccn1. The Morgan fingerprint density at radius 3 is 2.83 bits per heavy atom. The Labute approximate surface area is 114 Å². The zero-order valence-corrected chi connectivity index (χ0v) is 10.7. The Kier molecular flexibility index (Phi) is 4.02. The highest BCUT2D eigenvalue weighted by Gasteiger charge is 2.05. The monoisotopic (exact) mass is 281 g/mol. The molecule has 18 heavy (non-hydrogen) atoms. The van der Waals surface area contributed by atoms with Gasteiger partial charge in [-0.25, -0.2) is 4.98 Å². The van der Waals surface area contributed by atoms with Gasteiger partial charge in [0.1, 0.15) is 11.6 Å². The molecule has 1 heterocycles. The van der Waals surface area contributed by atoms with Crippen LogP contribution in [0.1, 0.15) is 5.56 Å². The maximum absolute atomic E-state index is 9.69. The van der Waals surface area contributed by atoms with Gasteiger partial charge in [-0.15, -0.1) is 0 Å². The van der Waals surface area contributed by atoms with Crippen molar-refractivity contribution < 1.29 is 5.11 Å². The van der Waals surface area contributed by atoms with Crippen molar-refractivity contribution in [3.8, 4) is 5.75 Å². The molecule has 1 aromatic heterocycles. The molecule has 0 saturated carbocycles. The second-order valence-electron chi connectivity index (χ2n) is 3.41. The van der Waals surface area contributed by atoms with Crippen LogP contribution in [0, 0.1) is 0 Å². The molecule has 2 aromatic rings. The standard InChI is InChI=1S/C12H9Cl2N3O/c13-9-5-8(12(18)10(14)6-9)7-16-17-11-3-1-2-4-15-11/h1-7,18H,(H,15,17)/b16-7+. The molecular weight excluding hydrogens is 273 g/mol. The molecule has 2 N–H and O–H groups in total. The number of benzene rings is 1. The highest BCUT2D eigenvalue weighted by Crippen LogP contribution is 2.29. The highest BCUT2D eigenvalue weighted by atomic mass is 35.5. The van der Waals surface area contributed by atoms with Gasteiger partial charge in [0, 0.05) is 16.8 Å². The molecule has 0 aliphatic rings. The van der Waals surface area contributed by atoms with E-state index in [0.29, 0.717) is 16.4 Å². The van der Waals surface area contributed by atoms with E-state index in [2.05, 4.69) is 15.5 Å². The number of nitrogens with one attached hydrogen (secondary N) is 1. The maximum atomic E-state index is 9.69. The predicted molar refractivity (Wildman–Crippen MR) is 73.6 cm³/mol. The largest absolute Gasteiger partial charge is 0.506 e. The van der Waals surface area contributed by atoms with E-state index in [4.69, 9.17) is 23.2 Å². The first kappa shape index (κ1) is 12.7. The van der Waals surface area contributed by atoms with Crippen LogP contribution in [0.4, 0.5) is 5.82 Å². The number of halogens is 2. The maximum Gasteiger partial charge on any atom is 0.146 e. The van der Waals surface area contributed by atoms with Crippen LogP contribution in [0.3, 0.4) is 0 Å². The number of hydrogen-bond acceptors (Lipinski definition) is 4. The van der Waals surface area contributed by atoms with Crippen LogP contribution in [-0.4, -0.2) is 16.3 Å². The van der Waals surface area contributed by atoms with Crippen molar-refractivity contribution in [1.29, 1.82) is 0 Å². The minimum Gasteiger partial charge on any atom is -0.506 e. The van der Waals surface area contributed by atoms with E-state index in [0.717, 1.165) is 0 Å². The second-order valence-corrected chi connectivity index (χ2v) is 4.25. The minimum absolute atomic E-state index is 0.0624. The average molecular weight is 282 g/mol. The molecule has 0 radical (unpaired) electrons. The summed E-state index contributed by atoms with van der Waals surface area (Å²) in [5, 5.41) is 14.2. The molecule has 0 fully saturated rings. The number of hydrazone groups is 1. The molecule has 1 aromatic carbocycles. The van der Waals surface area contributed by atoms with Crippen LogP contribution in [0.25, 0.3) is 0 Å². The van der Waals surface area contributed by atoms with Gasteiger partial charge < -0.3 is 5.11 Å². The zero-order chi connectivity index (χ0) is 13.0. The minimum atomic E-state index is -0.0624. The van der Waals surface area contributed by atoms with E-state index < -0.39 is 0 Å². The lowest BCUT2D eigenvalue weighted by Crippen LogP contribution is -1.93. The van der Waals surface area contributed by atoms with E-state index in [1.165, 1.54) is 12.3 Å². The number of aromatic hydroxyl groups is 1. The van der Waals surface area contributed by atoms with Crippen molar-refractivity contribution >= 4 is 35.2 Å². The Morgan fingerprint density at radius 2 is 2.11 bits per heavy atom. The van der Waals surface area contributed by atoms with Gasteiger partial charge in [0.15, 0.2) is 0 Å². The van der Waals surface area contributed by atoms with E-state index >= 15 is 0 Å². The Bertz CT molecular complexity index is 573. The summed E-state index contributed by atoms with van der Waals surface area (Å²) < 4.78 is 0. The Morgan fingerprint density at radius 1 is 1.28 bits per heavy atom. The van der Waals surface area contributed by atoms with Gasteiger partial charge >= 0.3 is 0 Å². The number of anilines is 1. The molecule has 0 bridgehead atoms. The normalized spacial score (nSPS) is 10.8. The fraction of sp³-hybridized carbons (Fsp3) is 0. The fourth-order valence-corrected chi connectivity index (χ4v) is 1.79. The molecule has 0 amide bonds. The zero-order valence-electron chi connectivity index (χ0n) is 9.14. The van der Waals surface area contributed by atoms with Gasteiger partial charge in [0.25, 0.3) is 0 Å². The van der Waals surface area contributed by atoms with Gasteiger partial charge in [-0.2, -0.15) is 5.10 Å². The van der Waals surface area contributed by atoms with Crippen molar-refractivity contribution in [1.82, 2.24) is 4.98 Å². The predicted octanol–water partition coefficient (Wildman–Crippen LogP) is 3.54. The van der Waals surface area contributed by atoms with Crippen LogP contribution >= 0.6 is 23.2 Å². The summed E-state index contributed by atoms with van der Waals surface area (Å²) in [4.78, 5) is 4.03. The molecule has 92 valence electrons. The van der Waals surface area contributed by atoms with Gasteiger partial charge in [0.05, 0.1) is 11.2 Å². The van der Waals surface area contributed by atoms with E-state index in [1.807, 2.05) is 6.07 Å². The van der Waals surface area contributed by atoms with E-state index in [-0.39, 0.29) is 10.8 Å². The van der Waals surface area contributed by atoms with Gasteiger partial charge in [0.2, 0.25) is 0 Å². The summed E-state index contributed by atoms with van der Waals surface area (Å²) in [5.74, 6) is 0.536. The highest BCUT2D eigenvalue weighted by molar-refractivity contribution is 6.36. The van der Waals surface area contributed by atoms with Gasteiger partial charge in [-0.1, -0.05) is 29.3 Å². The summed E-state index contributed by atoms with van der Waals surface area (Å²) in [7, 11) is 0. The molecule has 0 atom stereocenters. The number of phenols is 1. The quantitative estimate of drug-likeness (QED) is 0.668. The molecule has 6 heteroatoms. The summed E-state index contributed by atoms with van der Waals surface area (Å²) >= 11 is 11.6. The first-order chi connectivity index (χ1) is 8.66. The van der Waals surface area contributed by atoms with Crippen molar-refractivity contribution in [3.05, 3.63) is 52.1 Å². The fourth-order valence-electron chi connectivity index (χ4n) is 1.28. The number of pyridine rings is 1. The third kappa shape index (κ3) is 3.12. The number of hydrogen-bond donors (Lipinski definition) is 2. The van der Waals surface area contributed by atoms with Crippen LogP contribution in [-0.2, 0) is 0 Å². The lowest BCUT2D eigenvalue weighted by molar-refractivity contribution is 0.475. The van der Waals surface area contributed by atoms with Crippen molar-refractivity contribution in [2.75, 3.05) is 5.43 Å². The molecule has 2 rings (SSSR count). The van der Waals surface area contributed by atoms with Crippen molar-refractivity contribution in [2.45, 2.75) is 0 Å². The smallest absolute Gasteiger partial charge is 0.146 e. The lowest BCUT2D eigenvalue weighted by Gasteiger charge is -2.02. The van der Waals surface area contributed by atoms with Crippen molar-refractivity contribution in [2.24, 2.45) is 5.10 Å². The summed E-state index contributed by atoms with van der Waals surface area (Å²) in [6.07, 6.45) is 3.06. The topological polar surface area (TPSA) is 57.5 Å². The van der Waals surface area contributed by atoms with Gasteiger partial charge in [-0.05, 0) is 24.3 Å². The van der Waals surface area contributed by atoms with E-state index in [9.17, 15) is 5.11 Å². The third-order valence-electron chi connectivity index (χ3n) is 2.11. The molecule has 0 saturated heterocycles. The molecule has 4 nitrogen and oxygen atoms in total. The average Bonchev–Trinajstić information content (AvgIpc) is 2.36. The summed E-state index contributed by atoms with van der Waals surface area (Å²) in [6.45, 7) is 0. The van der Waals surface area contributed by atoms with Gasteiger partial charge in [-0.3, -0.25) is 5.43 Å². The van der Waals surface area contributed by atoms with Crippen LogP contribution in [0.5, 0.6) is 5.75 Å².